The highest BCUT2D eigenvalue weighted by molar-refractivity contribution is 7.89. The predicted molar refractivity (Wildman–Crippen MR) is 92.0 cm³/mol. The Morgan fingerprint density at radius 3 is 3.00 bits per heavy atom. The smallest absolute Gasteiger partial charge is 0.227 e. The molecule has 0 amide bonds. The van der Waals surface area contributed by atoms with E-state index in [1.165, 1.54) is 0 Å². The third-order valence-electron chi connectivity index (χ3n) is 4.35. The Kier molecular flexibility index (Phi) is 5.74. The summed E-state index contributed by atoms with van der Waals surface area (Å²) in [5.41, 5.74) is 0.560. The highest BCUT2D eigenvalue weighted by Gasteiger charge is 2.29. The van der Waals surface area contributed by atoms with Gasteiger partial charge in [0.05, 0.1) is 11.9 Å². The molecule has 1 aliphatic heterocycles. The topological polar surface area (TPSA) is 102 Å². The van der Waals surface area contributed by atoms with Crippen molar-refractivity contribution in [2.45, 2.75) is 39.0 Å². The molecule has 1 aliphatic rings. The Labute approximate surface area is 147 Å². The maximum Gasteiger partial charge on any atom is 0.227 e. The van der Waals surface area contributed by atoms with Crippen LogP contribution in [-0.4, -0.2) is 51.7 Å². The fourth-order valence-corrected chi connectivity index (χ4v) is 4.76. The van der Waals surface area contributed by atoms with Crippen LogP contribution in [0, 0.1) is 5.92 Å². The van der Waals surface area contributed by atoms with Crippen LogP contribution in [0.2, 0.25) is 0 Å². The zero-order valence-corrected chi connectivity index (χ0v) is 15.2. The van der Waals surface area contributed by atoms with Crippen LogP contribution < -0.4 is 0 Å². The number of hydrogen-bond acceptors (Lipinski definition) is 7. The van der Waals surface area contributed by atoms with Crippen LogP contribution >= 0.6 is 0 Å². The number of hydrogen-bond donors (Lipinski definition) is 0. The molecule has 0 N–H and O–H groups in total. The number of rotatable bonds is 7. The molecule has 9 heteroatoms. The molecule has 1 saturated heterocycles. The molecule has 0 spiro atoms. The summed E-state index contributed by atoms with van der Waals surface area (Å²) < 4.78 is 31.7. The van der Waals surface area contributed by atoms with Gasteiger partial charge in [-0.05, 0) is 25.2 Å². The number of aromatic nitrogens is 4. The molecule has 3 rings (SSSR count). The molecule has 1 fully saturated rings. The van der Waals surface area contributed by atoms with E-state index in [1.54, 1.807) is 22.9 Å². The SMILES string of the molecule is CCCCS(=O)(=O)N1CCCC(Cc2nc(-c3cnccn3)no2)C1. The fraction of sp³-hybridized carbons (Fsp3) is 0.625. The lowest BCUT2D eigenvalue weighted by Gasteiger charge is -2.31. The lowest BCUT2D eigenvalue weighted by molar-refractivity contribution is 0.247. The van der Waals surface area contributed by atoms with E-state index >= 15 is 0 Å². The van der Waals surface area contributed by atoms with Crippen molar-refractivity contribution >= 4 is 10.0 Å². The van der Waals surface area contributed by atoms with Crippen LogP contribution in [0.4, 0.5) is 0 Å². The molecule has 0 aromatic carbocycles. The van der Waals surface area contributed by atoms with Gasteiger partial charge < -0.3 is 4.52 Å². The number of piperidine rings is 1. The van der Waals surface area contributed by atoms with Crippen LogP contribution in [0.25, 0.3) is 11.5 Å². The largest absolute Gasteiger partial charge is 0.339 e. The van der Waals surface area contributed by atoms with Gasteiger partial charge in [0.1, 0.15) is 5.69 Å². The minimum absolute atomic E-state index is 0.195. The molecule has 8 nitrogen and oxygen atoms in total. The molecule has 0 saturated carbocycles. The van der Waals surface area contributed by atoms with Gasteiger partial charge >= 0.3 is 0 Å². The van der Waals surface area contributed by atoms with Crippen molar-refractivity contribution < 1.29 is 12.9 Å². The summed E-state index contributed by atoms with van der Waals surface area (Å²) in [5, 5.41) is 3.94. The highest BCUT2D eigenvalue weighted by atomic mass is 32.2. The van der Waals surface area contributed by atoms with E-state index in [-0.39, 0.29) is 11.7 Å². The van der Waals surface area contributed by atoms with Crippen LogP contribution in [0.1, 0.15) is 38.5 Å². The zero-order chi connectivity index (χ0) is 17.7. The van der Waals surface area contributed by atoms with Crippen molar-refractivity contribution in [1.29, 1.82) is 0 Å². The molecular weight excluding hydrogens is 342 g/mol. The van der Waals surface area contributed by atoms with Crippen LogP contribution in [0.15, 0.2) is 23.1 Å². The molecule has 2 aromatic rings. The molecule has 136 valence electrons. The van der Waals surface area contributed by atoms with Crippen molar-refractivity contribution in [3.8, 4) is 11.5 Å². The summed E-state index contributed by atoms with van der Waals surface area (Å²) in [7, 11) is -3.16. The van der Waals surface area contributed by atoms with Gasteiger partial charge in [-0.15, -0.1) is 0 Å². The highest BCUT2D eigenvalue weighted by Crippen LogP contribution is 2.23. The van der Waals surface area contributed by atoms with Gasteiger partial charge in [-0.2, -0.15) is 4.98 Å². The van der Waals surface area contributed by atoms with Gasteiger partial charge in [0.15, 0.2) is 0 Å². The Hall–Kier alpha value is -1.87. The Balaban J connectivity index is 1.62. The molecule has 1 unspecified atom stereocenters. The van der Waals surface area contributed by atoms with E-state index in [1.807, 2.05) is 6.92 Å². The van der Waals surface area contributed by atoms with E-state index in [9.17, 15) is 8.42 Å². The van der Waals surface area contributed by atoms with E-state index in [4.69, 9.17) is 4.52 Å². The first-order valence-electron chi connectivity index (χ1n) is 8.65. The van der Waals surface area contributed by atoms with E-state index in [2.05, 4.69) is 20.1 Å². The van der Waals surface area contributed by atoms with Gasteiger partial charge in [-0.1, -0.05) is 18.5 Å². The lowest BCUT2D eigenvalue weighted by atomic mass is 9.96. The Morgan fingerprint density at radius 2 is 2.24 bits per heavy atom. The predicted octanol–water partition coefficient (Wildman–Crippen LogP) is 1.91. The molecule has 0 radical (unpaired) electrons. The summed E-state index contributed by atoms with van der Waals surface area (Å²) in [4.78, 5) is 12.5. The van der Waals surface area contributed by atoms with Crippen molar-refractivity contribution in [2.24, 2.45) is 5.92 Å². The summed E-state index contributed by atoms with van der Waals surface area (Å²) in [6, 6.07) is 0. The Bertz CT molecular complexity index is 778. The minimum atomic E-state index is -3.16. The van der Waals surface area contributed by atoms with Crippen LogP contribution in [0.3, 0.4) is 0 Å². The summed E-state index contributed by atoms with van der Waals surface area (Å²) in [6.45, 7) is 3.13. The molecular formula is C16H23N5O3S. The van der Waals surface area contributed by atoms with Crippen molar-refractivity contribution in [3.05, 3.63) is 24.5 Å². The molecule has 25 heavy (non-hydrogen) atoms. The van der Waals surface area contributed by atoms with Crippen LogP contribution in [-0.2, 0) is 16.4 Å². The first-order chi connectivity index (χ1) is 12.1. The first-order valence-corrected chi connectivity index (χ1v) is 10.3. The van der Waals surface area contributed by atoms with Gasteiger partial charge in [-0.3, -0.25) is 4.98 Å². The second-order valence-corrected chi connectivity index (χ2v) is 8.43. The Morgan fingerprint density at radius 1 is 1.36 bits per heavy atom. The van der Waals surface area contributed by atoms with Crippen molar-refractivity contribution in [3.63, 3.8) is 0 Å². The molecule has 2 aromatic heterocycles. The number of nitrogens with zero attached hydrogens (tertiary/aromatic N) is 5. The third-order valence-corrected chi connectivity index (χ3v) is 6.28. The van der Waals surface area contributed by atoms with Crippen LogP contribution in [0.5, 0.6) is 0 Å². The average molecular weight is 365 g/mol. The lowest BCUT2D eigenvalue weighted by Crippen LogP contribution is -2.41. The van der Waals surface area contributed by atoms with E-state index < -0.39 is 10.0 Å². The molecule has 0 aliphatic carbocycles. The molecule has 1 atom stereocenters. The van der Waals surface area contributed by atoms with E-state index in [0.29, 0.717) is 43.3 Å². The average Bonchev–Trinajstić information content (AvgIpc) is 3.09. The number of sulfonamides is 1. The van der Waals surface area contributed by atoms with Gasteiger partial charge in [0.25, 0.3) is 0 Å². The summed E-state index contributed by atoms with van der Waals surface area (Å²) in [5.74, 6) is 1.35. The second kappa shape index (κ2) is 8.01. The minimum Gasteiger partial charge on any atom is -0.339 e. The maximum absolute atomic E-state index is 12.4. The maximum atomic E-state index is 12.4. The molecule has 3 heterocycles. The summed E-state index contributed by atoms with van der Waals surface area (Å²) >= 11 is 0. The van der Waals surface area contributed by atoms with Crippen molar-refractivity contribution in [2.75, 3.05) is 18.8 Å². The molecule has 0 bridgehead atoms. The quantitative estimate of drug-likeness (QED) is 0.738. The monoisotopic (exact) mass is 365 g/mol. The van der Waals surface area contributed by atoms with Gasteiger partial charge in [0, 0.05) is 31.9 Å². The van der Waals surface area contributed by atoms with E-state index in [0.717, 1.165) is 19.3 Å². The normalized spacial score (nSPS) is 19.2. The van der Waals surface area contributed by atoms with Crippen molar-refractivity contribution in [1.82, 2.24) is 24.4 Å². The standard InChI is InChI=1S/C16H23N5O3S/c1-2-3-9-25(22,23)21-8-4-5-13(12-21)10-15-19-16(20-24-15)14-11-17-6-7-18-14/h6-7,11,13H,2-5,8-10,12H2,1H3. The van der Waals surface area contributed by atoms with Gasteiger partial charge in [0.2, 0.25) is 21.7 Å². The van der Waals surface area contributed by atoms with Gasteiger partial charge in [-0.25, -0.2) is 17.7 Å². The first kappa shape index (κ1) is 17.9. The zero-order valence-electron chi connectivity index (χ0n) is 14.3. The second-order valence-electron chi connectivity index (χ2n) is 6.34. The summed E-state index contributed by atoms with van der Waals surface area (Å²) in [6.07, 6.45) is 8.72. The number of unbranched alkanes of at least 4 members (excludes halogenated alkanes) is 1. The third kappa shape index (κ3) is 4.60. The fourth-order valence-electron chi connectivity index (χ4n) is 3.01.